The van der Waals surface area contributed by atoms with E-state index in [0.717, 1.165) is 56.5 Å². The number of benzene rings is 1. The van der Waals surface area contributed by atoms with Crippen LogP contribution in [0.2, 0.25) is 5.02 Å². The van der Waals surface area contributed by atoms with E-state index in [1.54, 1.807) is 0 Å². The van der Waals surface area contributed by atoms with Gasteiger partial charge < -0.3 is 15.1 Å². The van der Waals surface area contributed by atoms with Crippen LogP contribution in [0, 0.1) is 6.92 Å². The van der Waals surface area contributed by atoms with Gasteiger partial charge in [0.05, 0.1) is 6.20 Å². The van der Waals surface area contributed by atoms with Crippen molar-refractivity contribution in [2.45, 2.75) is 19.8 Å². The summed E-state index contributed by atoms with van der Waals surface area (Å²) in [5, 5.41) is 8.51. The molecule has 7 heteroatoms. The van der Waals surface area contributed by atoms with Crippen LogP contribution in [0.3, 0.4) is 0 Å². The summed E-state index contributed by atoms with van der Waals surface area (Å²) in [6.07, 6.45) is 6.10. The zero-order valence-corrected chi connectivity index (χ0v) is 17.2. The number of guanidine groups is 1. The number of hydrogen-bond acceptors (Lipinski definition) is 3. The Morgan fingerprint density at radius 3 is 2.70 bits per heavy atom. The van der Waals surface area contributed by atoms with Crippen LogP contribution in [-0.2, 0) is 13.5 Å². The molecule has 0 bridgehead atoms. The minimum atomic E-state index is 0.795. The minimum Gasteiger partial charge on any atom is -0.368 e. The fourth-order valence-corrected chi connectivity index (χ4v) is 3.67. The molecule has 0 unspecified atom stereocenters. The summed E-state index contributed by atoms with van der Waals surface area (Å²) in [4.78, 5) is 9.21. The van der Waals surface area contributed by atoms with Gasteiger partial charge in [0.25, 0.3) is 0 Å². The molecule has 146 valence electrons. The number of rotatable bonds is 5. The van der Waals surface area contributed by atoms with E-state index in [1.165, 1.54) is 16.8 Å². The molecule has 0 atom stereocenters. The molecule has 3 rings (SSSR count). The van der Waals surface area contributed by atoms with Gasteiger partial charge in [0, 0.05) is 63.7 Å². The van der Waals surface area contributed by atoms with E-state index in [1.807, 2.05) is 31.0 Å². The van der Waals surface area contributed by atoms with Crippen molar-refractivity contribution in [2.24, 2.45) is 12.0 Å². The molecule has 1 aliphatic heterocycles. The second kappa shape index (κ2) is 9.13. The molecule has 0 aliphatic carbocycles. The standard InChI is InChI=1S/C20H29ClN6/c1-16-6-7-18(21)13-19(16)26-9-11-27(12-10-26)20(22-2)23-8-4-5-17-14-24-25(3)15-17/h6-7,13-15H,4-5,8-12H2,1-3H3,(H,22,23). The Morgan fingerprint density at radius 1 is 1.26 bits per heavy atom. The molecule has 6 nitrogen and oxygen atoms in total. The number of anilines is 1. The molecule has 2 aromatic rings. The van der Waals surface area contributed by atoms with Crippen LogP contribution in [0.15, 0.2) is 35.6 Å². The van der Waals surface area contributed by atoms with E-state index in [9.17, 15) is 0 Å². The van der Waals surface area contributed by atoms with Crippen LogP contribution in [0.25, 0.3) is 0 Å². The number of halogens is 1. The first-order valence-corrected chi connectivity index (χ1v) is 9.89. The topological polar surface area (TPSA) is 48.7 Å². The number of aliphatic imine (C=N–C) groups is 1. The number of hydrogen-bond donors (Lipinski definition) is 1. The van der Waals surface area contributed by atoms with E-state index >= 15 is 0 Å². The monoisotopic (exact) mass is 388 g/mol. The molecule has 1 aromatic heterocycles. The molecule has 0 spiro atoms. The van der Waals surface area contributed by atoms with Crippen LogP contribution in [0.5, 0.6) is 0 Å². The van der Waals surface area contributed by atoms with Gasteiger partial charge in [-0.2, -0.15) is 5.10 Å². The largest absolute Gasteiger partial charge is 0.368 e. The van der Waals surface area contributed by atoms with E-state index in [2.05, 4.69) is 50.5 Å². The number of nitrogens with one attached hydrogen (secondary N) is 1. The summed E-state index contributed by atoms with van der Waals surface area (Å²) in [5.74, 6) is 0.989. The van der Waals surface area contributed by atoms with E-state index < -0.39 is 0 Å². The average molecular weight is 389 g/mol. The molecule has 0 saturated carbocycles. The lowest BCUT2D eigenvalue weighted by molar-refractivity contribution is 0.372. The van der Waals surface area contributed by atoms with Gasteiger partial charge in [-0.15, -0.1) is 0 Å². The van der Waals surface area contributed by atoms with Crippen molar-refractivity contribution in [3.8, 4) is 0 Å². The van der Waals surface area contributed by atoms with Crippen molar-refractivity contribution in [1.29, 1.82) is 0 Å². The summed E-state index contributed by atoms with van der Waals surface area (Å²) in [6.45, 7) is 6.90. The van der Waals surface area contributed by atoms with Crippen LogP contribution < -0.4 is 10.2 Å². The Morgan fingerprint density at radius 2 is 2.04 bits per heavy atom. The number of piperazine rings is 1. The average Bonchev–Trinajstić information content (AvgIpc) is 3.09. The predicted molar refractivity (Wildman–Crippen MR) is 113 cm³/mol. The molecule has 1 aliphatic rings. The second-order valence-electron chi connectivity index (χ2n) is 7.00. The van der Waals surface area contributed by atoms with Gasteiger partial charge >= 0.3 is 0 Å². The van der Waals surface area contributed by atoms with Crippen LogP contribution in [-0.4, -0.2) is 60.4 Å². The normalized spacial score (nSPS) is 15.3. The second-order valence-corrected chi connectivity index (χ2v) is 7.44. The first-order chi connectivity index (χ1) is 13.1. The van der Waals surface area contributed by atoms with Crippen LogP contribution in [0.4, 0.5) is 5.69 Å². The molecular formula is C20H29ClN6. The van der Waals surface area contributed by atoms with Crippen molar-refractivity contribution in [1.82, 2.24) is 20.0 Å². The fraction of sp³-hybridized carbons (Fsp3) is 0.500. The quantitative estimate of drug-likeness (QED) is 0.486. The Balaban J connectivity index is 1.46. The van der Waals surface area contributed by atoms with Crippen molar-refractivity contribution >= 4 is 23.2 Å². The van der Waals surface area contributed by atoms with Gasteiger partial charge in [-0.25, -0.2) is 0 Å². The predicted octanol–water partition coefficient (Wildman–Crippen LogP) is 2.71. The van der Waals surface area contributed by atoms with Crippen molar-refractivity contribution in [3.63, 3.8) is 0 Å². The Labute approximate surface area is 166 Å². The van der Waals surface area contributed by atoms with E-state index in [-0.39, 0.29) is 0 Å². The Bertz CT molecular complexity index is 777. The third-order valence-corrected chi connectivity index (χ3v) is 5.22. The van der Waals surface area contributed by atoms with Crippen LogP contribution in [0.1, 0.15) is 17.5 Å². The molecule has 27 heavy (non-hydrogen) atoms. The number of aryl methyl sites for hydroxylation is 3. The minimum absolute atomic E-state index is 0.795. The summed E-state index contributed by atoms with van der Waals surface area (Å²) in [5.41, 5.74) is 3.78. The zero-order valence-electron chi connectivity index (χ0n) is 16.5. The van der Waals surface area contributed by atoms with Gasteiger partial charge in [-0.1, -0.05) is 17.7 Å². The number of aromatic nitrogens is 2. The maximum atomic E-state index is 6.18. The summed E-state index contributed by atoms with van der Waals surface area (Å²) in [6, 6.07) is 6.11. The maximum Gasteiger partial charge on any atom is 0.193 e. The van der Waals surface area contributed by atoms with Crippen molar-refractivity contribution in [3.05, 3.63) is 46.7 Å². The first-order valence-electron chi connectivity index (χ1n) is 9.51. The van der Waals surface area contributed by atoms with Gasteiger partial charge in [-0.05, 0) is 43.0 Å². The van der Waals surface area contributed by atoms with Gasteiger partial charge in [0.15, 0.2) is 5.96 Å². The highest BCUT2D eigenvalue weighted by Gasteiger charge is 2.20. The lowest BCUT2D eigenvalue weighted by Gasteiger charge is -2.38. The Hall–Kier alpha value is -2.21. The van der Waals surface area contributed by atoms with Crippen LogP contribution >= 0.6 is 11.6 Å². The molecule has 0 radical (unpaired) electrons. The SMILES string of the molecule is CN=C(NCCCc1cnn(C)c1)N1CCN(c2cc(Cl)ccc2C)CC1. The molecule has 1 saturated heterocycles. The van der Waals surface area contributed by atoms with Crippen molar-refractivity contribution < 1.29 is 0 Å². The van der Waals surface area contributed by atoms with E-state index in [4.69, 9.17) is 11.6 Å². The maximum absolute atomic E-state index is 6.18. The lowest BCUT2D eigenvalue weighted by Crippen LogP contribution is -2.52. The fourth-order valence-electron chi connectivity index (χ4n) is 3.51. The third kappa shape index (κ3) is 5.16. The smallest absolute Gasteiger partial charge is 0.193 e. The number of nitrogens with zero attached hydrogens (tertiary/aromatic N) is 5. The summed E-state index contributed by atoms with van der Waals surface area (Å²) in [7, 11) is 3.81. The highest BCUT2D eigenvalue weighted by Crippen LogP contribution is 2.25. The summed E-state index contributed by atoms with van der Waals surface area (Å²) >= 11 is 6.18. The highest BCUT2D eigenvalue weighted by atomic mass is 35.5. The molecule has 2 heterocycles. The summed E-state index contributed by atoms with van der Waals surface area (Å²) < 4.78 is 1.85. The highest BCUT2D eigenvalue weighted by molar-refractivity contribution is 6.30. The van der Waals surface area contributed by atoms with Gasteiger partial charge in [0.1, 0.15) is 0 Å². The molecule has 1 fully saturated rings. The molecule has 0 amide bonds. The molecule has 1 aromatic carbocycles. The Kier molecular flexibility index (Phi) is 6.61. The lowest BCUT2D eigenvalue weighted by atomic mass is 10.1. The van der Waals surface area contributed by atoms with Crippen molar-refractivity contribution in [2.75, 3.05) is 44.7 Å². The van der Waals surface area contributed by atoms with Gasteiger partial charge in [-0.3, -0.25) is 9.67 Å². The zero-order chi connectivity index (χ0) is 19.2. The van der Waals surface area contributed by atoms with Gasteiger partial charge in [0.2, 0.25) is 0 Å². The molecule has 1 N–H and O–H groups in total. The molecular weight excluding hydrogens is 360 g/mol. The van der Waals surface area contributed by atoms with E-state index in [0.29, 0.717) is 0 Å². The first kappa shape index (κ1) is 19.5. The third-order valence-electron chi connectivity index (χ3n) is 4.99.